The van der Waals surface area contributed by atoms with Gasteiger partial charge in [0.05, 0.1) is 13.2 Å². The van der Waals surface area contributed by atoms with E-state index < -0.39 is 47.7 Å². The quantitative estimate of drug-likeness (QED) is 0.342. The molecule has 0 radical (unpaired) electrons. The Hall–Kier alpha value is -2.19. The molecule has 1 saturated carbocycles. The van der Waals surface area contributed by atoms with E-state index in [0.29, 0.717) is 31.3 Å². The zero-order chi connectivity index (χ0) is 23.5. The molecule has 1 aliphatic heterocycles. The maximum absolute atomic E-state index is 14.5. The average molecular weight is 470 g/mol. The number of hydrogen-bond acceptors (Lipinski definition) is 3. The van der Waals surface area contributed by atoms with E-state index in [2.05, 4.69) is 6.92 Å². The maximum atomic E-state index is 14.5. The highest BCUT2D eigenvalue weighted by Crippen LogP contribution is 2.39. The van der Waals surface area contributed by atoms with Crippen molar-refractivity contribution in [3.8, 4) is 5.75 Å². The largest absolute Gasteiger partial charge is 0.483 e. The molecule has 1 heterocycles. The minimum absolute atomic E-state index is 0.104. The molecule has 0 spiro atoms. The third-order valence-electron chi connectivity index (χ3n) is 6.78. The number of rotatable bonds is 6. The van der Waals surface area contributed by atoms with E-state index in [4.69, 9.17) is 14.2 Å². The van der Waals surface area contributed by atoms with E-state index in [1.807, 2.05) is 0 Å². The van der Waals surface area contributed by atoms with Crippen LogP contribution in [0.1, 0.15) is 56.4 Å². The molecule has 8 heteroatoms. The van der Waals surface area contributed by atoms with E-state index in [-0.39, 0.29) is 17.0 Å². The fourth-order valence-electron chi connectivity index (χ4n) is 4.75. The molecule has 0 amide bonds. The molecule has 2 aromatic carbocycles. The van der Waals surface area contributed by atoms with Crippen molar-refractivity contribution < 1.29 is 36.2 Å². The van der Waals surface area contributed by atoms with E-state index in [0.717, 1.165) is 30.9 Å². The van der Waals surface area contributed by atoms with Crippen LogP contribution in [-0.2, 0) is 16.1 Å². The monoisotopic (exact) mass is 470 g/mol. The van der Waals surface area contributed by atoms with Gasteiger partial charge in [-0.3, -0.25) is 0 Å². The molecule has 2 fully saturated rings. The highest BCUT2D eigenvalue weighted by molar-refractivity contribution is 5.32. The predicted octanol–water partition coefficient (Wildman–Crippen LogP) is 6.84. The Morgan fingerprint density at radius 1 is 0.788 bits per heavy atom. The zero-order valence-corrected chi connectivity index (χ0v) is 18.4. The molecule has 2 aliphatic rings. The highest BCUT2D eigenvalue weighted by Gasteiger charge is 2.32. The van der Waals surface area contributed by atoms with Gasteiger partial charge in [0.25, 0.3) is 0 Å². The van der Waals surface area contributed by atoms with Crippen LogP contribution in [0.25, 0.3) is 0 Å². The first-order valence-electron chi connectivity index (χ1n) is 11.3. The standard InChI is InChI=1S/C25H27F5O3/c1-2-14-3-5-16(6-4-14)18-12-32-25(33-13-18)17-9-21(28)24(22(29)10-17)31-11-15-7-19(26)23(30)20(27)8-15/h7-10,14,16,18,25H,2-6,11-13H2,1H3. The van der Waals surface area contributed by atoms with Crippen LogP contribution in [0, 0.1) is 46.8 Å². The van der Waals surface area contributed by atoms with E-state index >= 15 is 0 Å². The summed E-state index contributed by atoms with van der Waals surface area (Å²) < 4.78 is 85.4. The lowest BCUT2D eigenvalue weighted by Gasteiger charge is -2.37. The molecule has 0 bridgehead atoms. The van der Waals surface area contributed by atoms with Gasteiger partial charge in [-0.2, -0.15) is 0 Å². The molecule has 0 aromatic heterocycles. The summed E-state index contributed by atoms with van der Waals surface area (Å²) in [5.74, 6) is -5.53. The second-order valence-corrected chi connectivity index (χ2v) is 8.92. The summed E-state index contributed by atoms with van der Waals surface area (Å²) in [7, 11) is 0. The lowest BCUT2D eigenvalue weighted by atomic mass is 9.75. The van der Waals surface area contributed by atoms with Crippen LogP contribution in [0.3, 0.4) is 0 Å². The minimum Gasteiger partial charge on any atom is -0.483 e. The van der Waals surface area contributed by atoms with E-state index in [9.17, 15) is 22.0 Å². The lowest BCUT2D eigenvalue weighted by molar-refractivity contribution is -0.215. The fraction of sp³-hybridized carbons (Fsp3) is 0.520. The van der Waals surface area contributed by atoms with Gasteiger partial charge in [0.15, 0.2) is 41.1 Å². The van der Waals surface area contributed by atoms with Gasteiger partial charge in [-0.1, -0.05) is 26.2 Å². The maximum Gasteiger partial charge on any atom is 0.194 e. The van der Waals surface area contributed by atoms with Crippen LogP contribution in [-0.4, -0.2) is 13.2 Å². The fourth-order valence-corrected chi connectivity index (χ4v) is 4.75. The number of ether oxygens (including phenoxy) is 3. The summed E-state index contributed by atoms with van der Waals surface area (Å²) >= 11 is 0. The van der Waals surface area contributed by atoms with E-state index in [1.165, 1.54) is 19.3 Å². The molecule has 3 nitrogen and oxygen atoms in total. The Bertz CT molecular complexity index is 921. The summed E-state index contributed by atoms with van der Waals surface area (Å²) in [5.41, 5.74) is 0.0802. The van der Waals surface area contributed by atoms with Crippen molar-refractivity contribution >= 4 is 0 Å². The molecule has 180 valence electrons. The van der Waals surface area contributed by atoms with E-state index in [1.54, 1.807) is 0 Å². The molecule has 1 aliphatic carbocycles. The summed E-state index contributed by atoms with van der Waals surface area (Å²) in [6.45, 7) is 2.61. The van der Waals surface area contributed by atoms with Crippen molar-refractivity contribution in [3.63, 3.8) is 0 Å². The molecular weight excluding hydrogens is 443 g/mol. The van der Waals surface area contributed by atoms with Crippen molar-refractivity contribution in [2.75, 3.05) is 13.2 Å². The van der Waals surface area contributed by atoms with Crippen molar-refractivity contribution in [2.24, 2.45) is 17.8 Å². The van der Waals surface area contributed by atoms with Crippen LogP contribution in [0.15, 0.2) is 24.3 Å². The SMILES string of the molecule is CCC1CCC(C2COC(c3cc(F)c(OCc4cc(F)c(F)c(F)c4)c(F)c3)OC2)CC1. The summed E-state index contributed by atoms with van der Waals surface area (Å²) in [5, 5.41) is 0. The van der Waals surface area contributed by atoms with Gasteiger partial charge >= 0.3 is 0 Å². The first-order valence-corrected chi connectivity index (χ1v) is 11.3. The Balaban J connectivity index is 1.36. The van der Waals surface area contributed by atoms with Crippen LogP contribution < -0.4 is 4.74 Å². The second kappa shape index (κ2) is 10.4. The predicted molar refractivity (Wildman–Crippen MR) is 111 cm³/mol. The number of halogens is 5. The normalized spacial score (nSPS) is 25.8. The van der Waals surface area contributed by atoms with Gasteiger partial charge < -0.3 is 14.2 Å². The first-order chi connectivity index (χ1) is 15.9. The summed E-state index contributed by atoms with van der Waals surface area (Å²) in [4.78, 5) is 0. The van der Waals surface area contributed by atoms with Gasteiger partial charge in [-0.05, 0) is 54.5 Å². The first kappa shape index (κ1) is 24.0. The topological polar surface area (TPSA) is 27.7 Å². The molecular formula is C25H27F5O3. The van der Waals surface area contributed by atoms with Gasteiger partial charge in [0, 0.05) is 11.5 Å². The Kier molecular flexibility index (Phi) is 7.54. The molecule has 0 N–H and O–H groups in total. The van der Waals surface area contributed by atoms with Crippen molar-refractivity contribution in [2.45, 2.75) is 51.9 Å². The molecule has 0 unspecified atom stereocenters. The highest BCUT2D eigenvalue weighted by atomic mass is 19.2. The van der Waals surface area contributed by atoms with Gasteiger partial charge in [-0.25, -0.2) is 22.0 Å². The Morgan fingerprint density at radius 3 is 1.91 bits per heavy atom. The molecule has 1 saturated heterocycles. The molecule has 0 atom stereocenters. The molecule has 2 aromatic rings. The van der Waals surface area contributed by atoms with Crippen LogP contribution in [0.5, 0.6) is 5.75 Å². The van der Waals surface area contributed by atoms with Gasteiger partial charge in [0.1, 0.15) is 6.61 Å². The second-order valence-electron chi connectivity index (χ2n) is 8.92. The van der Waals surface area contributed by atoms with Gasteiger partial charge in [-0.15, -0.1) is 0 Å². The number of hydrogen-bond donors (Lipinski definition) is 0. The Labute approximate surface area is 189 Å². The van der Waals surface area contributed by atoms with Crippen molar-refractivity contribution in [1.82, 2.24) is 0 Å². The third kappa shape index (κ3) is 5.49. The summed E-state index contributed by atoms with van der Waals surface area (Å²) in [6, 6.07) is 3.53. The minimum atomic E-state index is -1.62. The summed E-state index contributed by atoms with van der Waals surface area (Å²) in [6.07, 6.45) is 5.06. The smallest absolute Gasteiger partial charge is 0.194 e. The van der Waals surface area contributed by atoms with Crippen LogP contribution in [0.4, 0.5) is 22.0 Å². The molecule has 33 heavy (non-hydrogen) atoms. The van der Waals surface area contributed by atoms with Gasteiger partial charge in [0.2, 0.25) is 0 Å². The Morgan fingerprint density at radius 2 is 1.36 bits per heavy atom. The number of benzene rings is 2. The van der Waals surface area contributed by atoms with Crippen molar-refractivity contribution in [1.29, 1.82) is 0 Å². The average Bonchev–Trinajstić information content (AvgIpc) is 2.82. The molecule has 4 rings (SSSR count). The van der Waals surface area contributed by atoms with Crippen LogP contribution in [0.2, 0.25) is 0 Å². The lowest BCUT2D eigenvalue weighted by Crippen LogP contribution is -2.34. The van der Waals surface area contributed by atoms with Crippen molar-refractivity contribution in [3.05, 3.63) is 64.5 Å². The van der Waals surface area contributed by atoms with Crippen LogP contribution >= 0.6 is 0 Å². The zero-order valence-electron chi connectivity index (χ0n) is 18.4. The third-order valence-corrected chi connectivity index (χ3v) is 6.78.